The van der Waals surface area contributed by atoms with Crippen molar-refractivity contribution in [3.63, 3.8) is 0 Å². The van der Waals surface area contributed by atoms with Gasteiger partial charge in [-0.15, -0.1) is 0 Å². The zero-order valence-electron chi connectivity index (χ0n) is 30.4. The van der Waals surface area contributed by atoms with E-state index < -0.39 is 0 Å². The van der Waals surface area contributed by atoms with E-state index in [4.69, 9.17) is 0 Å². The number of hydrogen-bond donors (Lipinski definition) is 0. The predicted molar refractivity (Wildman–Crippen MR) is 188 cm³/mol. The fourth-order valence-electron chi connectivity index (χ4n) is 11.7. The summed E-state index contributed by atoms with van der Waals surface area (Å²) < 4.78 is 4.51. The average molecular weight is 603 g/mol. The maximum absolute atomic E-state index is 2.40. The van der Waals surface area contributed by atoms with Gasteiger partial charge >= 0.3 is 0 Å². The van der Waals surface area contributed by atoms with Crippen LogP contribution in [-0.4, -0.2) is 90.5 Å². The van der Waals surface area contributed by atoms with Crippen molar-refractivity contribution in [3.05, 3.63) is 0 Å². The Morgan fingerprint density at radius 1 is 0.395 bits per heavy atom. The van der Waals surface area contributed by atoms with Crippen LogP contribution in [0.5, 0.6) is 0 Å². The van der Waals surface area contributed by atoms with Gasteiger partial charge in [-0.2, -0.15) is 0 Å². The minimum Gasteiger partial charge on any atom is -0.321 e. The molecule has 0 aromatic carbocycles. The van der Waals surface area contributed by atoms with Crippen molar-refractivity contribution in [3.8, 4) is 0 Å². The standard InChI is InChI=1S/C14H28N.2C13H26N/c1-13(2)12-15(10-6-7-11-15)14-8-4-3-5-9-14;1-12(2)11-14(9-5-6-10-14)13-7-3-4-8-13;1-2-10-14(11-6-7-12-14)13-8-4-3-5-9-13/h13-14H,3-12H2,1-2H3;12-13H,3-11H2,1-2H3;13H,2-12H2,1H3/q3*+1. The second-order valence-electron chi connectivity index (χ2n) is 17.5. The lowest BCUT2D eigenvalue weighted by atomic mass is 9.91. The van der Waals surface area contributed by atoms with Crippen LogP contribution in [0, 0.1) is 11.8 Å². The molecule has 0 bridgehead atoms. The molecule has 3 aliphatic carbocycles. The summed E-state index contributed by atoms with van der Waals surface area (Å²) in [4.78, 5) is 0. The van der Waals surface area contributed by atoms with E-state index in [1.165, 1.54) is 207 Å². The van der Waals surface area contributed by atoms with Crippen molar-refractivity contribution in [2.24, 2.45) is 11.8 Å². The molecule has 6 fully saturated rings. The van der Waals surface area contributed by atoms with Crippen molar-refractivity contribution in [1.82, 2.24) is 0 Å². The highest BCUT2D eigenvalue weighted by molar-refractivity contribution is 4.74. The zero-order valence-corrected chi connectivity index (χ0v) is 30.4. The molecule has 6 aliphatic rings. The molecule has 0 spiro atoms. The molecule has 0 atom stereocenters. The fraction of sp³-hybridized carbons (Fsp3) is 1.00. The lowest BCUT2D eigenvalue weighted by Crippen LogP contribution is -2.55. The lowest BCUT2D eigenvalue weighted by Gasteiger charge is -2.44. The first-order chi connectivity index (χ1) is 20.8. The topological polar surface area (TPSA) is 0 Å². The Hall–Kier alpha value is -0.120. The van der Waals surface area contributed by atoms with E-state index in [0.29, 0.717) is 0 Å². The van der Waals surface area contributed by atoms with Crippen LogP contribution >= 0.6 is 0 Å². The molecule has 3 nitrogen and oxygen atoms in total. The van der Waals surface area contributed by atoms with Gasteiger partial charge in [0, 0.05) is 50.4 Å². The lowest BCUT2D eigenvalue weighted by molar-refractivity contribution is -0.944. The Morgan fingerprint density at radius 3 is 0.977 bits per heavy atom. The van der Waals surface area contributed by atoms with Gasteiger partial charge in [-0.3, -0.25) is 0 Å². The minimum atomic E-state index is 0.880. The molecule has 3 saturated heterocycles. The molecule has 43 heavy (non-hydrogen) atoms. The predicted octanol–water partition coefficient (Wildman–Crippen LogP) is 10.1. The van der Waals surface area contributed by atoms with Crippen molar-refractivity contribution >= 4 is 0 Å². The molecule has 252 valence electrons. The third kappa shape index (κ3) is 9.93. The molecule has 0 radical (unpaired) electrons. The molecule has 3 saturated carbocycles. The Morgan fingerprint density at radius 2 is 0.674 bits per heavy atom. The third-order valence-electron chi connectivity index (χ3n) is 13.3. The summed E-state index contributed by atoms with van der Waals surface area (Å²) in [6, 6.07) is 3.12. The van der Waals surface area contributed by atoms with Crippen molar-refractivity contribution in [1.29, 1.82) is 0 Å². The summed E-state index contributed by atoms with van der Waals surface area (Å²) in [6.07, 6.45) is 31.5. The smallest absolute Gasteiger partial charge is 0.0890 e. The van der Waals surface area contributed by atoms with Gasteiger partial charge in [0.25, 0.3) is 0 Å². The van der Waals surface area contributed by atoms with Gasteiger partial charge in [-0.25, -0.2) is 0 Å². The van der Waals surface area contributed by atoms with Crippen LogP contribution in [0.25, 0.3) is 0 Å². The molecule has 3 heteroatoms. The van der Waals surface area contributed by atoms with Gasteiger partial charge in [0.2, 0.25) is 0 Å². The zero-order chi connectivity index (χ0) is 30.6. The summed E-state index contributed by atoms with van der Waals surface area (Å²) in [6.45, 7) is 25.3. The van der Waals surface area contributed by atoms with Gasteiger partial charge in [0.15, 0.2) is 0 Å². The first-order valence-corrected chi connectivity index (χ1v) is 20.4. The Labute approximate surface area is 271 Å². The fourth-order valence-corrected chi connectivity index (χ4v) is 11.7. The Balaban J connectivity index is 0.000000148. The van der Waals surface area contributed by atoms with Crippen LogP contribution < -0.4 is 0 Å². The van der Waals surface area contributed by atoms with Gasteiger partial charge < -0.3 is 13.4 Å². The number of likely N-dealkylation sites (tertiary alicyclic amines) is 3. The van der Waals surface area contributed by atoms with Crippen LogP contribution in [0.15, 0.2) is 0 Å². The van der Waals surface area contributed by atoms with E-state index >= 15 is 0 Å². The monoisotopic (exact) mass is 603 g/mol. The van der Waals surface area contributed by atoms with E-state index in [1.807, 2.05) is 0 Å². The molecule has 0 aromatic heterocycles. The van der Waals surface area contributed by atoms with E-state index in [1.54, 1.807) is 0 Å². The Bertz CT molecular complexity index is 723. The molecular weight excluding hydrogens is 522 g/mol. The highest BCUT2D eigenvalue weighted by Crippen LogP contribution is 2.36. The molecule has 0 unspecified atom stereocenters. The van der Waals surface area contributed by atoms with E-state index in [9.17, 15) is 0 Å². The maximum atomic E-state index is 2.40. The molecule has 0 N–H and O–H groups in total. The maximum Gasteiger partial charge on any atom is 0.0890 e. The third-order valence-corrected chi connectivity index (χ3v) is 13.3. The highest BCUT2D eigenvalue weighted by atomic mass is 15.4. The summed E-state index contributed by atoms with van der Waals surface area (Å²) >= 11 is 0. The summed E-state index contributed by atoms with van der Waals surface area (Å²) in [7, 11) is 0. The number of rotatable bonds is 9. The van der Waals surface area contributed by atoms with Crippen molar-refractivity contribution < 1.29 is 13.4 Å². The SMILES string of the molecule is CC(C)C[N+]1(C2CCCC2)CCCC1.CC(C)C[N+]1(C2CCCCC2)CCCC1.CCC[N+]1(C2CCCCC2)CCCC1. The van der Waals surface area contributed by atoms with Crippen molar-refractivity contribution in [2.45, 2.75) is 188 Å². The van der Waals surface area contributed by atoms with E-state index in [0.717, 1.165) is 30.0 Å². The Kier molecular flexibility index (Phi) is 14.7. The number of hydrogen-bond acceptors (Lipinski definition) is 0. The highest BCUT2D eigenvalue weighted by Gasteiger charge is 2.42. The van der Waals surface area contributed by atoms with Gasteiger partial charge in [-0.1, -0.05) is 47.5 Å². The number of nitrogens with zero attached hydrogens (tertiary/aromatic N) is 3. The van der Waals surface area contributed by atoms with Crippen LogP contribution in [0.4, 0.5) is 0 Å². The number of quaternary nitrogens is 3. The average Bonchev–Trinajstić information content (AvgIpc) is 3.84. The summed E-state index contributed by atoms with van der Waals surface area (Å²) in [5, 5.41) is 0. The quantitative estimate of drug-likeness (QED) is 0.230. The largest absolute Gasteiger partial charge is 0.321 e. The van der Waals surface area contributed by atoms with Crippen LogP contribution in [0.2, 0.25) is 0 Å². The van der Waals surface area contributed by atoms with Gasteiger partial charge in [0.1, 0.15) is 0 Å². The summed E-state index contributed by atoms with van der Waals surface area (Å²) in [5.74, 6) is 1.76. The molecule has 0 amide bonds. The van der Waals surface area contributed by atoms with E-state index in [-0.39, 0.29) is 0 Å². The normalized spacial score (nSPS) is 27.7. The van der Waals surface area contributed by atoms with Crippen molar-refractivity contribution in [2.75, 3.05) is 58.9 Å². The second-order valence-corrected chi connectivity index (χ2v) is 17.5. The van der Waals surface area contributed by atoms with Gasteiger partial charge in [-0.05, 0) is 83.5 Å². The first kappa shape index (κ1) is 35.7. The summed E-state index contributed by atoms with van der Waals surface area (Å²) in [5.41, 5.74) is 0. The van der Waals surface area contributed by atoms with E-state index in [2.05, 4.69) is 34.6 Å². The molecule has 6 rings (SSSR count). The van der Waals surface area contributed by atoms with Crippen LogP contribution in [0.3, 0.4) is 0 Å². The van der Waals surface area contributed by atoms with Crippen LogP contribution in [-0.2, 0) is 0 Å². The second kappa shape index (κ2) is 17.7. The van der Waals surface area contributed by atoms with Gasteiger partial charge in [0.05, 0.1) is 77.0 Å². The molecule has 0 aromatic rings. The van der Waals surface area contributed by atoms with Crippen LogP contribution in [0.1, 0.15) is 169 Å². The molecular formula is C40H80N3+3. The molecule has 3 heterocycles. The minimum absolute atomic E-state index is 0.880. The molecule has 3 aliphatic heterocycles. The first-order valence-electron chi connectivity index (χ1n) is 20.4.